The van der Waals surface area contributed by atoms with Crippen LogP contribution in [0.1, 0.15) is 54.4 Å². The van der Waals surface area contributed by atoms with Crippen LogP contribution in [0.4, 0.5) is 9.59 Å². The molecule has 0 fully saturated rings. The van der Waals surface area contributed by atoms with Crippen LogP contribution in [0.5, 0.6) is 0 Å². The fourth-order valence-electron chi connectivity index (χ4n) is 1.82. The molecule has 154 valence electrons. The molecule has 9 nitrogen and oxygen atoms in total. The van der Waals surface area contributed by atoms with Crippen molar-refractivity contribution in [2.75, 3.05) is 7.11 Å². The first-order valence-corrected chi connectivity index (χ1v) is 8.40. The topological polar surface area (TPSA) is 119 Å². The highest BCUT2D eigenvalue weighted by Gasteiger charge is 2.39. The van der Waals surface area contributed by atoms with Crippen molar-refractivity contribution in [3.8, 4) is 0 Å². The van der Waals surface area contributed by atoms with E-state index in [1.807, 2.05) is 0 Å². The third-order valence-corrected chi connectivity index (χ3v) is 2.84. The summed E-state index contributed by atoms with van der Waals surface area (Å²) >= 11 is 0. The van der Waals surface area contributed by atoms with Crippen molar-refractivity contribution in [3.63, 3.8) is 0 Å². The summed E-state index contributed by atoms with van der Waals surface area (Å²) in [4.78, 5) is 48.1. The second-order valence-corrected chi connectivity index (χ2v) is 7.69. The molecule has 1 unspecified atom stereocenters. The highest BCUT2D eigenvalue weighted by Crippen LogP contribution is 2.19. The summed E-state index contributed by atoms with van der Waals surface area (Å²) in [6, 6.07) is -1.53. The Morgan fingerprint density at radius 2 is 1.41 bits per heavy atom. The van der Waals surface area contributed by atoms with E-state index in [0.29, 0.717) is 4.90 Å². The average Bonchev–Trinajstić information content (AvgIpc) is 2.45. The van der Waals surface area contributed by atoms with Crippen molar-refractivity contribution in [1.29, 1.82) is 0 Å². The second kappa shape index (κ2) is 9.94. The Morgan fingerprint density at radius 3 is 1.74 bits per heavy atom. The SMILES string of the molecule is COC(=O)C=CCCC(C(=O)O)N(C(=O)OC(C)(C)C)C(=O)OC(C)(C)C. The number of carboxylic acid groups (broad SMARTS) is 1. The van der Waals surface area contributed by atoms with Crippen LogP contribution in [-0.2, 0) is 23.8 Å². The molecular formula is C18H29NO8. The minimum atomic E-state index is -1.53. The highest BCUT2D eigenvalue weighted by atomic mass is 16.6. The van der Waals surface area contributed by atoms with Gasteiger partial charge in [0.15, 0.2) is 0 Å². The average molecular weight is 387 g/mol. The number of aliphatic carboxylic acids is 1. The lowest BCUT2D eigenvalue weighted by atomic mass is 10.1. The first kappa shape index (κ1) is 24.4. The number of carbonyl (C=O) groups is 4. The van der Waals surface area contributed by atoms with Gasteiger partial charge in [0.1, 0.15) is 17.2 Å². The molecular weight excluding hydrogens is 358 g/mol. The van der Waals surface area contributed by atoms with Gasteiger partial charge in [0, 0.05) is 6.08 Å². The van der Waals surface area contributed by atoms with E-state index < -0.39 is 41.4 Å². The Bertz CT molecular complexity index is 555. The number of rotatable bonds is 6. The van der Waals surface area contributed by atoms with Crippen LogP contribution < -0.4 is 0 Å². The van der Waals surface area contributed by atoms with Crippen molar-refractivity contribution in [2.24, 2.45) is 0 Å². The second-order valence-electron chi connectivity index (χ2n) is 7.69. The molecule has 0 aliphatic heterocycles. The maximum atomic E-state index is 12.5. The van der Waals surface area contributed by atoms with Crippen LogP contribution in [0.3, 0.4) is 0 Å². The molecule has 27 heavy (non-hydrogen) atoms. The smallest absolute Gasteiger partial charge is 0.420 e. The van der Waals surface area contributed by atoms with Gasteiger partial charge in [-0.25, -0.2) is 19.2 Å². The third-order valence-electron chi connectivity index (χ3n) is 2.84. The van der Waals surface area contributed by atoms with E-state index in [-0.39, 0.29) is 12.8 Å². The van der Waals surface area contributed by atoms with E-state index in [4.69, 9.17) is 9.47 Å². The van der Waals surface area contributed by atoms with Gasteiger partial charge in [0.05, 0.1) is 7.11 Å². The van der Waals surface area contributed by atoms with Crippen LogP contribution in [0.2, 0.25) is 0 Å². The molecule has 9 heteroatoms. The molecule has 0 saturated carbocycles. The lowest BCUT2D eigenvalue weighted by molar-refractivity contribution is -0.143. The van der Waals surface area contributed by atoms with Gasteiger partial charge in [-0.3, -0.25) is 0 Å². The summed E-state index contributed by atoms with van der Waals surface area (Å²) < 4.78 is 14.8. The fraction of sp³-hybridized carbons (Fsp3) is 0.667. The van der Waals surface area contributed by atoms with Gasteiger partial charge in [0.2, 0.25) is 0 Å². The van der Waals surface area contributed by atoms with Crippen LogP contribution >= 0.6 is 0 Å². The molecule has 0 aliphatic carbocycles. The van der Waals surface area contributed by atoms with Gasteiger partial charge < -0.3 is 19.3 Å². The number of hydrogen-bond donors (Lipinski definition) is 1. The molecule has 0 aromatic carbocycles. The number of esters is 1. The molecule has 0 aliphatic rings. The molecule has 0 heterocycles. The molecule has 0 spiro atoms. The van der Waals surface area contributed by atoms with E-state index in [2.05, 4.69) is 4.74 Å². The lowest BCUT2D eigenvalue weighted by Crippen LogP contribution is -2.51. The highest BCUT2D eigenvalue weighted by molar-refractivity contribution is 5.93. The summed E-state index contributed by atoms with van der Waals surface area (Å²) in [6.45, 7) is 9.54. The predicted molar refractivity (Wildman–Crippen MR) is 96.1 cm³/mol. The van der Waals surface area contributed by atoms with Gasteiger partial charge in [0.25, 0.3) is 0 Å². The largest absolute Gasteiger partial charge is 0.480 e. The Labute approximate surface area is 159 Å². The number of imide groups is 1. The number of carbonyl (C=O) groups excluding carboxylic acids is 3. The van der Waals surface area contributed by atoms with Crippen molar-refractivity contribution in [1.82, 2.24) is 4.90 Å². The Hall–Kier alpha value is -2.58. The van der Waals surface area contributed by atoms with E-state index in [1.54, 1.807) is 41.5 Å². The summed E-state index contributed by atoms with van der Waals surface area (Å²) in [7, 11) is 1.21. The minimum Gasteiger partial charge on any atom is -0.480 e. The molecule has 0 rings (SSSR count). The van der Waals surface area contributed by atoms with Gasteiger partial charge in [-0.2, -0.15) is 4.90 Å². The quantitative estimate of drug-likeness (QED) is 0.419. The molecule has 0 radical (unpaired) electrons. The monoisotopic (exact) mass is 387 g/mol. The van der Waals surface area contributed by atoms with Gasteiger partial charge in [-0.15, -0.1) is 0 Å². The number of hydrogen-bond acceptors (Lipinski definition) is 7. The molecule has 0 aromatic heterocycles. The van der Waals surface area contributed by atoms with E-state index in [9.17, 15) is 24.3 Å². The zero-order chi connectivity index (χ0) is 21.4. The van der Waals surface area contributed by atoms with Crippen molar-refractivity contribution < 1.29 is 38.5 Å². The van der Waals surface area contributed by atoms with E-state index >= 15 is 0 Å². The van der Waals surface area contributed by atoms with Crippen LogP contribution in [-0.4, -0.2) is 58.5 Å². The molecule has 2 amide bonds. The zero-order valence-electron chi connectivity index (χ0n) is 16.9. The Kier molecular flexibility index (Phi) is 8.99. The van der Waals surface area contributed by atoms with Crippen molar-refractivity contribution in [3.05, 3.63) is 12.2 Å². The number of methoxy groups -OCH3 is 1. The Balaban J connectivity index is 5.56. The third kappa shape index (κ3) is 10.2. The molecule has 1 atom stereocenters. The van der Waals surface area contributed by atoms with Crippen LogP contribution in [0, 0.1) is 0 Å². The maximum Gasteiger partial charge on any atom is 0.420 e. The Morgan fingerprint density at radius 1 is 0.963 bits per heavy atom. The normalized spacial score (nSPS) is 13.0. The number of ether oxygens (including phenoxy) is 3. The van der Waals surface area contributed by atoms with E-state index in [1.165, 1.54) is 13.2 Å². The summed E-state index contributed by atoms with van der Waals surface area (Å²) in [5.74, 6) is -2.00. The first-order chi connectivity index (χ1) is 12.2. The minimum absolute atomic E-state index is 0.105. The molecule has 0 saturated heterocycles. The maximum absolute atomic E-state index is 12.5. The van der Waals surface area contributed by atoms with Crippen molar-refractivity contribution in [2.45, 2.75) is 71.6 Å². The summed E-state index contributed by atoms with van der Waals surface area (Å²) in [5, 5.41) is 9.52. The fourth-order valence-corrected chi connectivity index (χ4v) is 1.82. The number of amides is 2. The number of carboxylic acids is 1. The lowest BCUT2D eigenvalue weighted by Gasteiger charge is -2.31. The molecule has 1 N–H and O–H groups in total. The van der Waals surface area contributed by atoms with Crippen LogP contribution in [0.25, 0.3) is 0 Å². The molecule has 0 bridgehead atoms. The van der Waals surface area contributed by atoms with Gasteiger partial charge in [-0.05, 0) is 54.4 Å². The number of nitrogens with zero attached hydrogens (tertiary/aromatic N) is 1. The van der Waals surface area contributed by atoms with Gasteiger partial charge >= 0.3 is 24.1 Å². The van der Waals surface area contributed by atoms with Gasteiger partial charge in [-0.1, -0.05) is 6.08 Å². The first-order valence-electron chi connectivity index (χ1n) is 8.40. The van der Waals surface area contributed by atoms with E-state index in [0.717, 1.165) is 6.08 Å². The zero-order valence-corrected chi connectivity index (χ0v) is 16.9. The standard InChI is InChI=1S/C18H29NO8/c1-17(2,3)26-15(23)19(16(24)27-18(4,5)6)12(14(21)22)10-8-9-11-13(20)25-7/h9,11-12H,8,10H2,1-7H3,(H,21,22). The van der Waals surface area contributed by atoms with Crippen LogP contribution in [0.15, 0.2) is 12.2 Å². The summed E-state index contributed by atoms with van der Waals surface area (Å²) in [5.41, 5.74) is -1.88. The summed E-state index contributed by atoms with van der Waals surface area (Å²) in [6.07, 6.45) is 0.242. The van der Waals surface area contributed by atoms with Crippen molar-refractivity contribution >= 4 is 24.1 Å². The number of allylic oxidation sites excluding steroid dienone is 1. The predicted octanol–water partition coefficient (Wildman–Crippen LogP) is 3.12. The molecule has 0 aromatic rings.